The van der Waals surface area contributed by atoms with Gasteiger partial charge in [-0.1, -0.05) is 194 Å². The van der Waals surface area contributed by atoms with Crippen molar-refractivity contribution in [2.45, 2.75) is 0 Å². The van der Waals surface area contributed by atoms with Crippen molar-refractivity contribution < 1.29 is 0 Å². The average Bonchev–Trinajstić information content (AvgIpc) is 4.32. The molecule has 3 nitrogen and oxygen atoms in total. The van der Waals surface area contributed by atoms with Crippen molar-refractivity contribution in [1.29, 1.82) is 0 Å². The molecule has 0 spiro atoms. The molecule has 5 heterocycles. The summed E-state index contributed by atoms with van der Waals surface area (Å²) in [5.74, 6) is 0. The number of fused-ring (bicyclic) bond motifs is 17. The third-order valence-corrected chi connectivity index (χ3v) is 17.9. The molecule has 0 amide bonds. The fourth-order valence-electron chi connectivity index (χ4n) is 14.9. The molecule has 0 fully saturated rings. The van der Waals surface area contributed by atoms with Crippen molar-refractivity contribution >= 4 is 121 Å². The maximum absolute atomic E-state index is 2.66. The number of aromatic nitrogens is 3. The first kappa shape index (κ1) is 39.6. The van der Waals surface area contributed by atoms with E-state index < -0.39 is 0 Å². The third-order valence-electron chi connectivity index (χ3n) is 17.9. The minimum absolute atomic E-state index is 0.0656. The van der Waals surface area contributed by atoms with Crippen LogP contribution in [0, 0.1) is 0 Å². The monoisotopic (exact) mass is 957 g/mol. The summed E-state index contributed by atoms with van der Waals surface area (Å²) in [6, 6.07) is 92.2. The maximum atomic E-state index is 2.66. The van der Waals surface area contributed by atoms with E-state index in [-0.39, 0.29) is 6.71 Å². The van der Waals surface area contributed by atoms with Crippen molar-refractivity contribution in [3.05, 3.63) is 243 Å². The largest absolute Gasteiger partial charge is 0.310 e. The standard InChI is InChI=1S/C72H40BN3/c1-3-15-41(16-4-1)45-31-32-59-55(35-45)67-50-23-10-8-20-46(50)37-58-72(67)75(59)63-39-48(74-60-28-14-27-54-52-25-12-11-24-51(52)53-26-13-21-44-30-34-62(74)69(65(44)53)68(54)60)40-64-70(63)73(58)57-38-47(42-17-5-2-6-18-42)36-56-66-49-22-9-7-19-43(49)29-33-61(66)76(64)71(56)57/h1-40H. The van der Waals surface area contributed by atoms with Crippen LogP contribution in [0.5, 0.6) is 0 Å². The predicted octanol–water partition coefficient (Wildman–Crippen LogP) is 16.6. The Morgan fingerprint density at radius 3 is 1.59 bits per heavy atom. The average molecular weight is 958 g/mol. The molecule has 3 aliphatic rings. The van der Waals surface area contributed by atoms with Crippen LogP contribution in [-0.4, -0.2) is 20.4 Å². The van der Waals surface area contributed by atoms with Crippen LogP contribution in [0.25, 0.3) is 159 Å². The zero-order valence-corrected chi connectivity index (χ0v) is 41.0. The van der Waals surface area contributed by atoms with Crippen LogP contribution in [0.2, 0.25) is 0 Å². The van der Waals surface area contributed by atoms with Gasteiger partial charge in [-0.15, -0.1) is 0 Å². The molecule has 16 aromatic rings. The molecular formula is C72H40BN3. The lowest BCUT2D eigenvalue weighted by Gasteiger charge is -2.35. The van der Waals surface area contributed by atoms with Gasteiger partial charge >= 0.3 is 0 Å². The Morgan fingerprint density at radius 2 is 0.816 bits per heavy atom. The van der Waals surface area contributed by atoms with Gasteiger partial charge in [0, 0.05) is 49.2 Å². The van der Waals surface area contributed by atoms with E-state index in [0.717, 1.165) is 5.69 Å². The Hall–Kier alpha value is -9.90. The van der Waals surface area contributed by atoms with Crippen LogP contribution in [0.3, 0.4) is 0 Å². The molecule has 19 rings (SSSR count). The van der Waals surface area contributed by atoms with E-state index in [1.807, 2.05) is 0 Å². The smallest absolute Gasteiger partial charge is 0.252 e. The van der Waals surface area contributed by atoms with Gasteiger partial charge in [0.25, 0.3) is 6.71 Å². The highest BCUT2D eigenvalue weighted by Crippen LogP contribution is 2.51. The minimum Gasteiger partial charge on any atom is -0.310 e. The first-order valence-corrected chi connectivity index (χ1v) is 26.6. The lowest BCUT2D eigenvalue weighted by Crippen LogP contribution is -2.59. The molecule has 76 heavy (non-hydrogen) atoms. The summed E-state index contributed by atoms with van der Waals surface area (Å²) in [6.07, 6.45) is 0. The molecule has 4 heteroatoms. The van der Waals surface area contributed by atoms with Crippen molar-refractivity contribution in [2.24, 2.45) is 0 Å². The van der Waals surface area contributed by atoms with Crippen LogP contribution in [0.1, 0.15) is 0 Å². The van der Waals surface area contributed by atoms with Crippen LogP contribution in [-0.2, 0) is 0 Å². The van der Waals surface area contributed by atoms with Crippen LogP contribution in [0.4, 0.5) is 0 Å². The molecule has 0 radical (unpaired) electrons. The second kappa shape index (κ2) is 14.0. The first-order chi connectivity index (χ1) is 37.7. The fourth-order valence-corrected chi connectivity index (χ4v) is 14.9. The second-order valence-corrected chi connectivity index (χ2v) is 21.5. The summed E-state index contributed by atoms with van der Waals surface area (Å²) in [5, 5.41) is 15.5. The van der Waals surface area contributed by atoms with Crippen LogP contribution in [0.15, 0.2) is 243 Å². The molecule has 1 aliphatic carbocycles. The molecule has 2 aliphatic heterocycles. The van der Waals surface area contributed by atoms with Crippen molar-refractivity contribution in [1.82, 2.24) is 13.7 Å². The third kappa shape index (κ3) is 4.82. The highest BCUT2D eigenvalue weighted by Gasteiger charge is 2.42. The van der Waals surface area contributed by atoms with E-state index in [9.17, 15) is 0 Å². The highest BCUT2D eigenvalue weighted by molar-refractivity contribution is 7.00. The summed E-state index contributed by atoms with van der Waals surface area (Å²) < 4.78 is 7.92. The summed E-state index contributed by atoms with van der Waals surface area (Å²) in [6.45, 7) is -0.0656. The molecule has 0 bridgehead atoms. The SMILES string of the molecule is c1ccc(-c2ccc3c(c2)c2c4ccccc4cc4c2n3-c2cc(-n3c5cccc6c5c5c7c(cccc7ccc53)-c3ccccc3-6)cc3c2B4c2cc(-c4ccccc4)cc4c5c6ccccc6ccc5n-3c24)cc1. The van der Waals surface area contributed by atoms with Gasteiger partial charge in [-0.3, -0.25) is 0 Å². The molecular weight excluding hydrogens is 918 g/mol. The van der Waals surface area contributed by atoms with Crippen molar-refractivity contribution in [3.8, 4) is 61.6 Å². The van der Waals surface area contributed by atoms with Gasteiger partial charge < -0.3 is 13.7 Å². The maximum Gasteiger partial charge on any atom is 0.252 e. The molecule has 0 saturated carbocycles. The summed E-state index contributed by atoms with van der Waals surface area (Å²) in [7, 11) is 0. The molecule has 13 aromatic carbocycles. The zero-order chi connectivity index (χ0) is 49.1. The van der Waals surface area contributed by atoms with E-state index in [1.54, 1.807) is 0 Å². The van der Waals surface area contributed by atoms with E-state index in [4.69, 9.17) is 0 Å². The Bertz CT molecular complexity index is 5340. The Morgan fingerprint density at radius 1 is 0.263 bits per heavy atom. The lowest BCUT2D eigenvalue weighted by atomic mass is 9.34. The summed E-state index contributed by atoms with van der Waals surface area (Å²) in [4.78, 5) is 0. The van der Waals surface area contributed by atoms with Gasteiger partial charge in [-0.25, -0.2) is 0 Å². The molecule has 0 unspecified atom stereocenters. The number of hydrogen-bond donors (Lipinski definition) is 0. The Kier molecular flexibility index (Phi) is 7.31. The van der Waals surface area contributed by atoms with Crippen molar-refractivity contribution in [3.63, 3.8) is 0 Å². The molecule has 0 saturated heterocycles. The van der Waals surface area contributed by atoms with Crippen LogP contribution < -0.4 is 16.4 Å². The Balaban J connectivity index is 1.03. The van der Waals surface area contributed by atoms with Gasteiger partial charge in [-0.05, 0) is 142 Å². The lowest BCUT2D eigenvalue weighted by molar-refractivity contribution is 1.10. The summed E-state index contributed by atoms with van der Waals surface area (Å²) >= 11 is 0. The molecule has 3 aromatic heterocycles. The van der Waals surface area contributed by atoms with Gasteiger partial charge in [0.2, 0.25) is 0 Å². The quantitative estimate of drug-likeness (QED) is 0.157. The van der Waals surface area contributed by atoms with E-state index >= 15 is 0 Å². The Labute approximate surface area is 436 Å². The number of rotatable bonds is 3. The van der Waals surface area contributed by atoms with Gasteiger partial charge in [0.1, 0.15) is 0 Å². The number of hydrogen-bond acceptors (Lipinski definition) is 0. The van der Waals surface area contributed by atoms with Crippen molar-refractivity contribution in [2.75, 3.05) is 0 Å². The van der Waals surface area contributed by atoms with E-state index in [1.165, 1.54) is 170 Å². The molecule has 0 N–H and O–H groups in total. The van der Waals surface area contributed by atoms with E-state index in [2.05, 4.69) is 256 Å². The second-order valence-electron chi connectivity index (χ2n) is 21.5. The normalized spacial score (nSPS) is 13.0. The minimum atomic E-state index is -0.0656. The molecule has 0 atom stereocenters. The van der Waals surface area contributed by atoms with Gasteiger partial charge in [0.15, 0.2) is 0 Å². The number of benzene rings is 13. The van der Waals surface area contributed by atoms with Gasteiger partial charge in [-0.2, -0.15) is 0 Å². The first-order valence-electron chi connectivity index (χ1n) is 26.6. The topological polar surface area (TPSA) is 14.8 Å². The highest BCUT2D eigenvalue weighted by atomic mass is 15.1. The summed E-state index contributed by atoms with van der Waals surface area (Å²) in [5.41, 5.74) is 25.1. The number of nitrogens with zero attached hydrogens (tertiary/aromatic N) is 3. The fraction of sp³-hybridized carbons (Fsp3) is 0. The molecule has 346 valence electrons. The van der Waals surface area contributed by atoms with E-state index in [0.29, 0.717) is 0 Å². The predicted molar refractivity (Wildman–Crippen MR) is 322 cm³/mol. The van der Waals surface area contributed by atoms with Crippen LogP contribution >= 0.6 is 0 Å². The zero-order valence-electron chi connectivity index (χ0n) is 41.0. The van der Waals surface area contributed by atoms with Gasteiger partial charge in [0.05, 0.1) is 33.3 Å².